The SMILES string of the molecule is CC(C)[C@H]1C(=O)Nc2ccccc2N1C(=O)c1ccc(=O)[nH]c1. The Morgan fingerprint density at radius 2 is 1.87 bits per heavy atom. The van der Waals surface area contributed by atoms with E-state index < -0.39 is 6.04 Å². The Kier molecular flexibility index (Phi) is 3.73. The number of hydrogen-bond donors (Lipinski definition) is 2. The predicted octanol–water partition coefficient (Wildman–Crippen LogP) is 2.00. The van der Waals surface area contributed by atoms with Crippen molar-refractivity contribution in [3.8, 4) is 0 Å². The second-order valence-corrected chi connectivity index (χ2v) is 5.81. The van der Waals surface area contributed by atoms with Crippen LogP contribution in [0.3, 0.4) is 0 Å². The van der Waals surface area contributed by atoms with Crippen molar-refractivity contribution in [3.63, 3.8) is 0 Å². The highest BCUT2D eigenvalue weighted by Gasteiger charge is 2.38. The summed E-state index contributed by atoms with van der Waals surface area (Å²) in [7, 11) is 0. The Hall–Kier alpha value is -2.89. The highest BCUT2D eigenvalue weighted by Crippen LogP contribution is 2.35. The fraction of sp³-hybridized carbons (Fsp3) is 0.235. The second-order valence-electron chi connectivity index (χ2n) is 5.81. The number of nitrogens with zero attached hydrogens (tertiary/aromatic N) is 1. The van der Waals surface area contributed by atoms with Crippen LogP contribution < -0.4 is 15.8 Å². The molecule has 2 amide bonds. The molecule has 2 N–H and O–H groups in total. The lowest BCUT2D eigenvalue weighted by molar-refractivity contribution is -0.118. The first-order valence-corrected chi connectivity index (χ1v) is 7.41. The molecule has 23 heavy (non-hydrogen) atoms. The highest BCUT2D eigenvalue weighted by atomic mass is 16.2. The molecule has 0 spiro atoms. The summed E-state index contributed by atoms with van der Waals surface area (Å²) in [4.78, 5) is 40.6. The van der Waals surface area contributed by atoms with Crippen LogP contribution in [0.4, 0.5) is 11.4 Å². The minimum absolute atomic E-state index is 0.0601. The zero-order chi connectivity index (χ0) is 16.6. The molecule has 1 aliphatic heterocycles. The molecule has 1 aliphatic rings. The van der Waals surface area contributed by atoms with Crippen LogP contribution in [0.15, 0.2) is 47.4 Å². The molecule has 0 unspecified atom stereocenters. The quantitative estimate of drug-likeness (QED) is 0.890. The lowest BCUT2D eigenvalue weighted by Crippen LogP contribution is -2.53. The van der Waals surface area contributed by atoms with Gasteiger partial charge in [-0.05, 0) is 24.1 Å². The fourth-order valence-electron chi connectivity index (χ4n) is 2.78. The van der Waals surface area contributed by atoms with Gasteiger partial charge in [-0.3, -0.25) is 19.3 Å². The molecule has 1 atom stereocenters. The summed E-state index contributed by atoms with van der Waals surface area (Å²) in [6.45, 7) is 3.79. The number of aromatic nitrogens is 1. The van der Waals surface area contributed by atoms with Crippen molar-refractivity contribution in [3.05, 3.63) is 58.5 Å². The molecule has 0 saturated heterocycles. The van der Waals surface area contributed by atoms with Crippen LogP contribution in [0.2, 0.25) is 0 Å². The number of hydrogen-bond acceptors (Lipinski definition) is 3. The van der Waals surface area contributed by atoms with Crippen molar-refractivity contribution in [2.45, 2.75) is 19.9 Å². The maximum absolute atomic E-state index is 13.0. The Labute approximate surface area is 133 Å². The first-order chi connectivity index (χ1) is 11.0. The Morgan fingerprint density at radius 1 is 1.13 bits per heavy atom. The number of rotatable bonds is 2. The van der Waals surface area contributed by atoms with Gasteiger partial charge < -0.3 is 10.3 Å². The molecular weight excluding hydrogens is 294 g/mol. The standard InChI is InChI=1S/C17H17N3O3/c1-10(2)15-16(22)19-12-5-3-4-6-13(12)20(15)17(23)11-7-8-14(21)18-9-11/h3-10,15H,1-2H3,(H,18,21)(H,19,22)/t15-/m0/s1. The van der Waals surface area contributed by atoms with Crippen LogP contribution in [0.1, 0.15) is 24.2 Å². The van der Waals surface area contributed by atoms with Crippen LogP contribution in [-0.4, -0.2) is 22.8 Å². The van der Waals surface area contributed by atoms with Gasteiger partial charge in [0.25, 0.3) is 5.91 Å². The summed E-state index contributed by atoms with van der Waals surface area (Å²) in [6.07, 6.45) is 1.37. The molecule has 6 heteroatoms. The van der Waals surface area contributed by atoms with Crippen molar-refractivity contribution in [1.82, 2.24) is 4.98 Å². The average molecular weight is 311 g/mol. The third-order valence-electron chi connectivity index (χ3n) is 3.85. The fourth-order valence-corrected chi connectivity index (χ4v) is 2.78. The lowest BCUT2D eigenvalue weighted by atomic mass is 9.96. The molecule has 2 aromatic rings. The summed E-state index contributed by atoms with van der Waals surface area (Å²) in [5, 5.41) is 2.85. The van der Waals surface area contributed by atoms with Crippen LogP contribution in [0.5, 0.6) is 0 Å². The van der Waals surface area contributed by atoms with E-state index in [1.54, 1.807) is 18.2 Å². The summed E-state index contributed by atoms with van der Waals surface area (Å²) in [5.74, 6) is -0.589. The van der Waals surface area contributed by atoms with Crippen molar-refractivity contribution >= 4 is 23.2 Å². The van der Waals surface area contributed by atoms with Gasteiger partial charge in [0, 0.05) is 12.3 Å². The molecule has 0 aliphatic carbocycles. The molecule has 1 aromatic heterocycles. The van der Waals surface area contributed by atoms with Crippen LogP contribution >= 0.6 is 0 Å². The molecule has 0 fully saturated rings. The first kappa shape index (κ1) is 15.0. The van der Waals surface area contributed by atoms with Crippen molar-refractivity contribution in [1.29, 1.82) is 0 Å². The molecule has 0 bridgehead atoms. The Balaban J connectivity index is 2.12. The molecule has 118 valence electrons. The van der Waals surface area contributed by atoms with E-state index in [-0.39, 0.29) is 23.3 Å². The number of carbonyl (C=O) groups is 2. The third kappa shape index (κ3) is 2.63. The summed E-state index contributed by atoms with van der Waals surface area (Å²) in [6, 6.07) is 9.34. The van der Waals surface area contributed by atoms with E-state index in [9.17, 15) is 14.4 Å². The van der Waals surface area contributed by atoms with Gasteiger partial charge in [-0.25, -0.2) is 0 Å². The molecular formula is C17H17N3O3. The average Bonchev–Trinajstić information content (AvgIpc) is 2.53. The van der Waals surface area contributed by atoms with Gasteiger partial charge in [0.05, 0.1) is 16.9 Å². The molecule has 2 heterocycles. The highest BCUT2D eigenvalue weighted by molar-refractivity contribution is 6.16. The number of pyridine rings is 1. The van der Waals surface area contributed by atoms with Crippen LogP contribution in [0, 0.1) is 5.92 Å². The topological polar surface area (TPSA) is 82.3 Å². The van der Waals surface area contributed by atoms with Gasteiger partial charge in [0.1, 0.15) is 6.04 Å². The van der Waals surface area contributed by atoms with E-state index in [1.165, 1.54) is 23.2 Å². The zero-order valence-electron chi connectivity index (χ0n) is 12.9. The Bertz CT molecular complexity index is 805. The van der Waals surface area contributed by atoms with Crippen molar-refractivity contribution < 1.29 is 9.59 Å². The third-order valence-corrected chi connectivity index (χ3v) is 3.85. The van der Waals surface area contributed by atoms with E-state index in [2.05, 4.69) is 10.3 Å². The van der Waals surface area contributed by atoms with Gasteiger partial charge in [-0.2, -0.15) is 0 Å². The maximum atomic E-state index is 13.0. The van der Waals surface area contributed by atoms with Crippen molar-refractivity contribution in [2.75, 3.05) is 10.2 Å². The minimum Gasteiger partial charge on any atom is -0.328 e. The van der Waals surface area contributed by atoms with E-state index in [1.807, 2.05) is 19.9 Å². The Morgan fingerprint density at radius 3 is 2.52 bits per heavy atom. The van der Waals surface area contributed by atoms with Gasteiger partial charge in [-0.1, -0.05) is 26.0 Å². The number of para-hydroxylation sites is 2. The molecule has 0 radical (unpaired) electrons. The smallest absolute Gasteiger partial charge is 0.260 e. The summed E-state index contributed by atoms with van der Waals surface area (Å²) in [5.41, 5.74) is 1.31. The number of H-pyrrole nitrogens is 1. The van der Waals surface area contributed by atoms with E-state index in [0.29, 0.717) is 16.9 Å². The number of anilines is 2. The van der Waals surface area contributed by atoms with Crippen molar-refractivity contribution in [2.24, 2.45) is 5.92 Å². The minimum atomic E-state index is -0.607. The molecule has 6 nitrogen and oxygen atoms in total. The lowest BCUT2D eigenvalue weighted by Gasteiger charge is -2.38. The predicted molar refractivity (Wildman–Crippen MR) is 87.6 cm³/mol. The van der Waals surface area contributed by atoms with Gasteiger partial charge in [0.2, 0.25) is 11.5 Å². The number of carbonyl (C=O) groups excluding carboxylic acids is 2. The second kappa shape index (κ2) is 5.72. The van der Waals surface area contributed by atoms with Gasteiger partial charge >= 0.3 is 0 Å². The normalized spacial score (nSPS) is 16.9. The molecule has 0 saturated carbocycles. The van der Waals surface area contributed by atoms with E-state index in [4.69, 9.17) is 0 Å². The van der Waals surface area contributed by atoms with E-state index in [0.717, 1.165) is 0 Å². The van der Waals surface area contributed by atoms with E-state index >= 15 is 0 Å². The maximum Gasteiger partial charge on any atom is 0.260 e. The molecule has 1 aromatic carbocycles. The summed E-state index contributed by atoms with van der Waals surface area (Å²) >= 11 is 0. The van der Waals surface area contributed by atoms with Crippen LogP contribution in [-0.2, 0) is 4.79 Å². The molecule has 3 rings (SSSR count). The number of aromatic amines is 1. The number of benzene rings is 1. The number of nitrogens with one attached hydrogen (secondary N) is 2. The largest absolute Gasteiger partial charge is 0.328 e. The zero-order valence-corrected chi connectivity index (χ0v) is 12.9. The monoisotopic (exact) mass is 311 g/mol. The van der Waals surface area contributed by atoms with Gasteiger partial charge in [-0.15, -0.1) is 0 Å². The van der Waals surface area contributed by atoms with Crippen LogP contribution in [0.25, 0.3) is 0 Å². The van der Waals surface area contributed by atoms with Gasteiger partial charge in [0.15, 0.2) is 0 Å². The summed E-state index contributed by atoms with van der Waals surface area (Å²) < 4.78 is 0. The number of fused-ring (bicyclic) bond motifs is 1. The first-order valence-electron chi connectivity index (χ1n) is 7.41. The number of amides is 2.